The predicted octanol–water partition coefficient (Wildman–Crippen LogP) is 1.22. The zero-order chi connectivity index (χ0) is 15.3. The van der Waals surface area contributed by atoms with Crippen LogP contribution in [0.25, 0.3) is 0 Å². The summed E-state index contributed by atoms with van der Waals surface area (Å²) in [6.45, 7) is 0. The van der Waals surface area contributed by atoms with Gasteiger partial charge in [-0.1, -0.05) is 6.07 Å². The van der Waals surface area contributed by atoms with Crippen molar-refractivity contribution in [2.75, 3.05) is 7.05 Å². The number of aliphatic hydroxyl groups excluding tert-OH is 1. The van der Waals surface area contributed by atoms with Gasteiger partial charge in [-0.25, -0.2) is 0 Å². The van der Waals surface area contributed by atoms with Gasteiger partial charge >= 0.3 is 11.7 Å². The monoisotopic (exact) mass is 286 g/mol. The van der Waals surface area contributed by atoms with Gasteiger partial charge in [-0.05, 0) is 25.1 Å². The average molecular weight is 286 g/mol. The molecule has 8 heteroatoms. The summed E-state index contributed by atoms with van der Waals surface area (Å²) in [5.74, 6) is -2.00. The quantitative estimate of drug-likeness (QED) is 0.513. The number of carboxylic acid groups (broad SMARTS) is 1. The van der Waals surface area contributed by atoms with Gasteiger partial charge in [0.2, 0.25) is 5.82 Å². The van der Waals surface area contributed by atoms with Crippen LogP contribution in [-0.4, -0.2) is 34.2 Å². The number of likely N-dealkylation sites (N-methyl/N-ethyl adjacent to an activating group) is 1. The fourth-order valence-corrected chi connectivity index (χ4v) is 1.82. The molecular weight excluding hydrogens is 271 g/mol. The molecule has 0 aliphatic carbocycles. The van der Waals surface area contributed by atoms with E-state index in [1.165, 1.54) is 13.1 Å². The van der Waals surface area contributed by atoms with Gasteiger partial charge in [-0.2, -0.15) is 4.39 Å². The van der Waals surface area contributed by atoms with Crippen molar-refractivity contribution >= 4 is 11.7 Å². The number of halogens is 1. The number of carboxylic acids is 1. The highest BCUT2D eigenvalue weighted by Crippen LogP contribution is 2.25. The number of nitrogens with one attached hydrogen (secondary N) is 1. The van der Waals surface area contributed by atoms with Crippen LogP contribution in [0.15, 0.2) is 18.2 Å². The number of aliphatic carboxylic acids is 1. The van der Waals surface area contributed by atoms with Crippen molar-refractivity contribution in [2.24, 2.45) is 0 Å². The largest absolute Gasteiger partial charge is 0.481 e. The van der Waals surface area contributed by atoms with E-state index in [0.29, 0.717) is 0 Å². The van der Waals surface area contributed by atoms with Crippen LogP contribution >= 0.6 is 0 Å². The Morgan fingerprint density at radius 3 is 2.70 bits per heavy atom. The van der Waals surface area contributed by atoms with E-state index >= 15 is 0 Å². The maximum absolute atomic E-state index is 13.2. The molecule has 2 unspecified atom stereocenters. The van der Waals surface area contributed by atoms with Crippen LogP contribution in [0.1, 0.15) is 24.5 Å². The summed E-state index contributed by atoms with van der Waals surface area (Å²) in [5, 5.41) is 32.1. The molecule has 0 amide bonds. The van der Waals surface area contributed by atoms with Crippen molar-refractivity contribution in [2.45, 2.75) is 25.0 Å². The van der Waals surface area contributed by atoms with Crippen LogP contribution in [0, 0.1) is 15.9 Å². The molecule has 0 bridgehead atoms. The number of nitrogens with zero attached hydrogens (tertiary/aromatic N) is 1. The summed E-state index contributed by atoms with van der Waals surface area (Å²) >= 11 is 0. The van der Waals surface area contributed by atoms with Crippen molar-refractivity contribution in [1.29, 1.82) is 0 Å². The Morgan fingerprint density at radius 2 is 2.20 bits per heavy atom. The highest BCUT2D eigenvalue weighted by molar-refractivity contribution is 5.66. The number of aliphatic hydroxyl groups is 1. The molecule has 7 nitrogen and oxygen atoms in total. The zero-order valence-corrected chi connectivity index (χ0v) is 10.7. The number of nitro groups is 1. The number of nitro benzene ring substituents is 1. The molecule has 2 atom stereocenters. The van der Waals surface area contributed by atoms with E-state index in [9.17, 15) is 24.4 Å². The van der Waals surface area contributed by atoms with Gasteiger partial charge in [0.1, 0.15) is 0 Å². The van der Waals surface area contributed by atoms with Crippen LogP contribution in [0.4, 0.5) is 10.1 Å². The molecule has 110 valence electrons. The molecule has 0 fully saturated rings. The van der Waals surface area contributed by atoms with Crippen molar-refractivity contribution in [3.63, 3.8) is 0 Å². The van der Waals surface area contributed by atoms with Gasteiger partial charge in [-0.15, -0.1) is 0 Å². The topological polar surface area (TPSA) is 113 Å². The first-order chi connectivity index (χ1) is 9.36. The molecule has 0 radical (unpaired) electrons. The summed E-state index contributed by atoms with van der Waals surface area (Å²) in [5.41, 5.74) is -0.572. The third-order valence-corrected chi connectivity index (χ3v) is 2.93. The first-order valence-electron chi connectivity index (χ1n) is 5.87. The van der Waals surface area contributed by atoms with E-state index in [1.807, 2.05) is 0 Å². The van der Waals surface area contributed by atoms with E-state index in [-0.39, 0.29) is 18.4 Å². The van der Waals surface area contributed by atoms with E-state index < -0.39 is 34.5 Å². The Bertz CT molecular complexity index is 509. The fraction of sp³-hybridized carbons (Fsp3) is 0.417. The van der Waals surface area contributed by atoms with Gasteiger partial charge in [0, 0.05) is 18.5 Å². The number of hydrogen-bond donors (Lipinski definition) is 3. The first kappa shape index (κ1) is 16.0. The number of rotatable bonds is 7. The molecule has 0 aliphatic rings. The Labute approximate surface area is 114 Å². The predicted molar refractivity (Wildman–Crippen MR) is 67.7 cm³/mol. The van der Waals surface area contributed by atoms with Gasteiger partial charge in [0.25, 0.3) is 0 Å². The molecule has 0 aromatic heterocycles. The van der Waals surface area contributed by atoms with E-state index in [1.54, 1.807) is 0 Å². The van der Waals surface area contributed by atoms with Gasteiger partial charge < -0.3 is 15.5 Å². The number of carbonyl (C=O) groups is 1. The second-order valence-electron chi connectivity index (χ2n) is 4.24. The highest BCUT2D eigenvalue weighted by Gasteiger charge is 2.23. The molecule has 1 aromatic carbocycles. The molecule has 0 heterocycles. The second-order valence-corrected chi connectivity index (χ2v) is 4.24. The summed E-state index contributed by atoms with van der Waals surface area (Å²) in [7, 11) is 1.54. The molecule has 3 N–H and O–H groups in total. The minimum Gasteiger partial charge on any atom is -0.481 e. The van der Waals surface area contributed by atoms with Crippen molar-refractivity contribution < 1.29 is 24.3 Å². The lowest BCUT2D eigenvalue weighted by molar-refractivity contribution is -0.387. The van der Waals surface area contributed by atoms with Gasteiger partial charge in [0.05, 0.1) is 11.0 Å². The van der Waals surface area contributed by atoms with Crippen LogP contribution in [0.2, 0.25) is 0 Å². The lowest BCUT2D eigenvalue weighted by Crippen LogP contribution is -2.32. The lowest BCUT2D eigenvalue weighted by Gasteiger charge is -2.22. The SMILES string of the molecule is CNC(CCC(=O)O)C(O)c1ccc(F)c([N+](=O)[O-])c1. The maximum atomic E-state index is 13.2. The van der Waals surface area contributed by atoms with E-state index in [4.69, 9.17) is 5.11 Å². The van der Waals surface area contributed by atoms with Crippen molar-refractivity contribution in [1.82, 2.24) is 5.32 Å². The lowest BCUT2D eigenvalue weighted by atomic mass is 9.98. The summed E-state index contributed by atoms with van der Waals surface area (Å²) in [4.78, 5) is 20.3. The molecular formula is C12H15FN2O5. The number of hydrogen-bond acceptors (Lipinski definition) is 5. The van der Waals surface area contributed by atoms with Crippen molar-refractivity contribution in [3.8, 4) is 0 Å². The second kappa shape index (κ2) is 6.92. The molecule has 0 saturated carbocycles. The van der Waals surface area contributed by atoms with Gasteiger partial charge in [0.15, 0.2) is 0 Å². The standard InChI is InChI=1S/C12H15FN2O5/c1-14-9(4-5-11(16)17)12(18)7-2-3-8(13)10(6-7)15(19)20/h2-3,6,9,12,14,18H,4-5H2,1H3,(H,16,17). The third-order valence-electron chi connectivity index (χ3n) is 2.93. The summed E-state index contributed by atoms with van der Waals surface area (Å²) in [6, 6.07) is 2.49. The first-order valence-corrected chi connectivity index (χ1v) is 5.87. The van der Waals surface area contributed by atoms with Crippen LogP contribution in [-0.2, 0) is 4.79 Å². The van der Waals surface area contributed by atoms with Crippen LogP contribution < -0.4 is 5.32 Å². The Hall–Kier alpha value is -2.06. The third kappa shape index (κ3) is 3.97. The molecule has 0 spiro atoms. The van der Waals surface area contributed by atoms with E-state index in [0.717, 1.165) is 12.1 Å². The maximum Gasteiger partial charge on any atom is 0.305 e. The smallest absolute Gasteiger partial charge is 0.305 e. The van der Waals surface area contributed by atoms with Crippen LogP contribution in [0.3, 0.4) is 0 Å². The minimum absolute atomic E-state index is 0.137. The number of benzene rings is 1. The van der Waals surface area contributed by atoms with Crippen molar-refractivity contribution in [3.05, 3.63) is 39.7 Å². The molecule has 0 saturated heterocycles. The van der Waals surface area contributed by atoms with Gasteiger partial charge in [-0.3, -0.25) is 14.9 Å². The summed E-state index contributed by atoms with van der Waals surface area (Å²) in [6.07, 6.45) is -1.19. The zero-order valence-electron chi connectivity index (χ0n) is 10.7. The molecule has 0 aliphatic heterocycles. The average Bonchev–Trinajstić information content (AvgIpc) is 2.39. The normalized spacial score (nSPS) is 13.8. The molecule has 1 aromatic rings. The minimum atomic E-state index is -1.17. The Balaban J connectivity index is 2.94. The highest BCUT2D eigenvalue weighted by atomic mass is 19.1. The fourth-order valence-electron chi connectivity index (χ4n) is 1.82. The Kier molecular flexibility index (Phi) is 5.53. The molecule has 20 heavy (non-hydrogen) atoms. The molecule has 1 rings (SSSR count). The van der Waals surface area contributed by atoms with E-state index in [2.05, 4.69) is 5.32 Å². The summed E-state index contributed by atoms with van der Waals surface area (Å²) < 4.78 is 13.2. The van der Waals surface area contributed by atoms with Crippen LogP contribution in [0.5, 0.6) is 0 Å². The Morgan fingerprint density at radius 1 is 1.55 bits per heavy atom.